The first-order valence-corrected chi connectivity index (χ1v) is 3.72. The number of hydrogen-bond donors (Lipinski definition) is 0. The molecule has 0 bridgehead atoms. The fraction of sp³-hybridized carbons (Fsp3) is 0.333. The number of aromatic nitrogens is 1. The number of nitriles is 1. The van der Waals surface area contributed by atoms with E-state index in [2.05, 4.69) is 11.1 Å². The van der Waals surface area contributed by atoms with Crippen LogP contribution in [0.2, 0.25) is 0 Å². The molecule has 1 atom stereocenters. The smallest absolute Gasteiger partial charge is 0.140 e. The van der Waals surface area contributed by atoms with Crippen molar-refractivity contribution < 1.29 is 0 Å². The summed E-state index contributed by atoms with van der Waals surface area (Å²) in [5.74, 6) is 0. The summed E-state index contributed by atoms with van der Waals surface area (Å²) < 4.78 is 0. The molecule has 1 aromatic heterocycles. The van der Waals surface area contributed by atoms with Gasteiger partial charge >= 0.3 is 0 Å². The van der Waals surface area contributed by atoms with Crippen LogP contribution in [-0.2, 0) is 0 Å². The quantitative estimate of drug-likeness (QED) is 0.654. The van der Waals surface area contributed by atoms with Gasteiger partial charge in [0.15, 0.2) is 0 Å². The zero-order valence-electron chi connectivity index (χ0n) is 7.23. The van der Waals surface area contributed by atoms with Crippen molar-refractivity contribution in [3.05, 3.63) is 30.1 Å². The van der Waals surface area contributed by atoms with Gasteiger partial charge in [-0.15, -0.1) is 0 Å². The van der Waals surface area contributed by atoms with E-state index in [0.29, 0.717) is 0 Å². The van der Waals surface area contributed by atoms with E-state index in [9.17, 15) is 0 Å². The Labute approximate surface area is 72.3 Å². The minimum absolute atomic E-state index is 0.244. The molecule has 0 aromatic carbocycles. The second-order valence-corrected chi connectivity index (χ2v) is 2.75. The molecule has 0 radical (unpaired) electrons. The summed E-state index contributed by atoms with van der Waals surface area (Å²) in [6.45, 7) is 0. The van der Waals surface area contributed by atoms with Gasteiger partial charge in [0.25, 0.3) is 0 Å². The predicted molar refractivity (Wildman–Crippen MR) is 46.3 cm³/mol. The van der Waals surface area contributed by atoms with E-state index >= 15 is 0 Å². The molecule has 1 aromatic rings. The standard InChI is InChI=1S/C9H11N3/c1-12(2)9(7-10)8-5-3-4-6-11-8/h3-6,9H,1-2H3. The zero-order chi connectivity index (χ0) is 8.97. The van der Waals surface area contributed by atoms with E-state index in [1.165, 1.54) is 0 Å². The summed E-state index contributed by atoms with van der Waals surface area (Å²) in [6.07, 6.45) is 1.70. The molecule has 1 rings (SSSR count). The minimum atomic E-state index is -0.244. The Kier molecular flexibility index (Phi) is 2.78. The van der Waals surface area contributed by atoms with Crippen LogP contribution in [0.3, 0.4) is 0 Å². The molecule has 12 heavy (non-hydrogen) atoms. The highest BCUT2D eigenvalue weighted by Crippen LogP contribution is 2.12. The van der Waals surface area contributed by atoms with Gasteiger partial charge in [-0.2, -0.15) is 5.26 Å². The molecule has 1 heterocycles. The van der Waals surface area contributed by atoms with Gasteiger partial charge in [-0.1, -0.05) is 6.07 Å². The van der Waals surface area contributed by atoms with Crippen molar-refractivity contribution in [2.75, 3.05) is 14.1 Å². The molecule has 0 aliphatic rings. The third-order valence-electron chi connectivity index (χ3n) is 1.61. The third kappa shape index (κ3) is 1.80. The summed E-state index contributed by atoms with van der Waals surface area (Å²) in [4.78, 5) is 5.94. The molecule has 1 unspecified atom stereocenters. The van der Waals surface area contributed by atoms with E-state index in [-0.39, 0.29) is 6.04 Å². The van der Waals surface area contributed by atoms with Crippen LogP contribution in [-0.4, -0.2) is 24.0 Å². The Hall–Kier alpha value is -1.40. The largest absolute Gasteiger partial charge is 0.289 e. The summed E-state index contributed by atoms with van der Waals surface area (Å²) in [5, 5.41) is 8.82. The molecular formula is C9H11N3. The van der Waals surface area contributed by atoms with Crippen LogP contribution in [0.25, 0.3) is 0 Å². The molecule has 0 N–H and O–H groups in total. The van der Waals surface area contributed by atoms with Crippen LogP contribution < -0.4 is 0 Å². The second-order valence-electron chi connectivity index (χ2n) is 2.75. The van der Waals surface area contributed by atoms with Gasteiger partial charge in [-0.05, 0) is 26.2 Å². The molecular weight excluding hydrogens is 150 g/mol. The first-order valence-electron chi connectivity index (χ1n) is 3.72. The SMILES string of the molecule is CN(C)C(C#N)c1ccccn1. The van der Waals surface area contributed by atoms with Crippen LogP contribution >= 0.6 is 0 Å². The van der Waals surface area contributed by atoms with E-state index in [1.54, 1.807) is 6.20 Å². The van der Waals surface area contributed by atoms with Crippen LogP contribution in [0.4, 0.5) is 0 Å². The molecule has 0 spiro atoms. The van der Waals surface area contributed by atoms with Crippen molar-refractivity contribution in [2.24, 2.45) is 0 Å². The lowest BCUT2D eigenvalue weighted by atomic mass is 10.2. The van der Waals surface area contributed by atoms with Crippen LogP contribution in [0.5, 0.6) is 0 Å². The van der Waals surface area contributed by atoms with Crippen LogP contribution in [0.15, 0.2) is 24.4 Å². The van der Waals surface area contributed by atoms with Gasteiger partial charge in [-0.3, -0.25) is 9.88 Å². The molecule has 0 fully saturated rings. The van der Waals surface area contributed by atoms with Crippen molar-refractivity contribution >= 4 is 0 Å². The highest BCUT2D eigenvalue weighted by molar-refractivity contribution is 5.15. The first-order chi connectivity index (χ1) is 5.75. The van der Waals surface area contributed by atoms with E-state index in [0.717, 1.165) is 5.69 Å². The summed E-state index contributed by atoms with van der Waals surface area (Å²) in [6, 6.07) is 7.52. The number of hydrogen-bond acceptors (Lipinski definition) is 3. The van der Waals surface area contributed by atoms with E-state index in [4.69, 9.17) is 5.26 Å². The molecule has 0 saturated carbocycles. The van der Waals surface area contributed by atoms with Crippen LogP contribution in [0.1, 0.15) is 11.7 Å². The van der Waals surface area contributed by atoms with Gasteiger partial charge in [0.05, 0.1) is 11.8 Å². The van der Waals surface area contributed by atoms with Crippen molar-refractivity contribution in [1.82, 2.24) is 9.88 Å². The molecule has 3 nitrogen and oxygen atoms in total. The fourth-order valence-corrected chi connectivity index (χ4v) is 0.984. The van der Waals surface area contributed by atoms with Gasteiger partial charge in [0, 0.05) is 6.20 Å². The molecule has 0 amide bonds. The van der Waals surface area contributed by atoms with E-state index in [1.807, 2.05) is 37.2 Å². The molecule has 0 saturated heterocycles. The maximum atomic E-state index is 8.82. The maximum absolute atomic E-state index is 8.82. The molecule has 0 aliphatic carbocycles. The van der Waals surface area contributed by atoms with Crippen molar-refractivity contribution in [1.29, 1.82) is 5.26 Å². The number of nitrogens with zero attached hydrogens (tertiary/aromatic N) is 3. The number of rotatable bonds is 2. The summed E-state index contributed by atoms with van der Waals surface area (Å²) >= 11 is 0. The lowest BCUT2D eigenvalue weighted by molar-refractivity contribution is 0.352. The normalized spacial score (nSPS) is 12.5. The Morgan fingerprint density at radius 2 is 2.25 bits per heavy atom. The minimum Gasteiger partial charge on any atom is -0.289 e. The third-order valence-corrected chi connectivity index (χ3v) is 1.61. The molecule has 3 heteroatoms. The Morgan fingerprint density at radius 1 is 1.50 bits per heavy atom. The van der Waals surface area contributed by atoms with E-state index < -0.39 is 0 Å². The average Bonchev–Trinajstić information content (AvgIpc) is 2.07. The lowest BCUT2D eigenvalue weighted by Crippen LogP contribution is -2.19. The Bertz CT molecular complexity index is 274. The average molecular weight is 161 g/mol. The Balaban J connectivity index is 2.90. The van der Waals surface area contributed by atoms with Crippen molar-refractivity contribution in [3.8, 4) is 6.07 Å². The first kappa shape index (κ1) is 8.69. The van der Waals surface area contributed by atoms with Gasteiger partial charge < -0.3 is 0 Å². The van der Waals surface area contributed by atoms with Gasteiger partial charge in [0.2, 0.25) is 0 Å². The van der Waals surface area contributed by atoms with Gasteiger partial charge in [-0.25, -0.2) is 0 Å². The lowest BCUT2D eigenvalue weighted by Gasteiger charge is -2.15. The number of pyridine rings is 1. The summed E-state index contributed by atoms with van der Waals surface area (Å²) in [5.41, 5.74) is 0.796. The Morgan fingerprint density at radius 3 is 2.67 bits per heavy atom. The second kappa shape index (κ2) is 3.84. The van der Waals surface area contributed by atoms with Crippen molar-refractivity contribution in [3.63, 3.8) is 0 Å². The topological polar surface area (TPSA) is 39.9 Å². The fourth-order valence-electron chi connectivity index (χ4n) is 0.984. The summed E-state index contributed by atoms with van der Waals surface area (Å²) in [7, 11) is 3.73. The maximum Gasteiger partial charge on any atom is 0.140 e. The monoisotopic (exact) mass is 161 g/mol. The molecule has 0 aliphatic heterocycles. The highest BCUT2D eigenvalue weighted by atomic mass is 15.1. The zero-order valence-corrected chi connectivity index (χ0v) is 7.23. The van der Waals surface area contributed by atoms with Crippen molar-refractivity contribution in [2.45, 2.75) is 6.04 Å². The van der Waals surface area contributed by atoms with Gasteiger partial charge in [0.1, 0.15) is 6.04 Å². The predicted octanol–water partition coefficient (Wildman–Crippen LogP) is 1.21. The van der Waals surface area contributed by atoms with Crippen LogP contribution in [0, 0.1) is 11.3 Å². The highest BCUT2D eigenvalue weighted by Gasteiger charge is 2.12. The molecule has 62 valence electrons.